The molecular formula is C24H26N4O5S. The van der Waals surface area contributed by atoms with Crippen LogP contribution in [-0.4, -0.2) is 27.0 Å². The second-order valence-electron chi connectivity index (χ2n) is 7.39. The molecule has 178 valence electrons. The van der Waals surface area contributed by atoms with Crippen LogP contribution in [0.1, 0.15) is 35.8 Å². The molecule has 0 aromatic heterocycles. The van der Waals surface area contributed by atoms with Crippen molar-refractivity contribution in [2.45, 2.75) is 24.8 Å². The molecule has 9 nitrogen and oxygen atoms in total. The first kappa shape index (κ1) is 24.6. The van der Waals surface area contributed by atoms with E-state index in [1.165, 1.54) is 24.3 Å². The number of urea groups is 1. The number of rotatable bonds is 9. The highest BCUT2D eigenvalue weighted by molar-refractivity contribution is 7.92. The Kier molecular flexibility index (Phi) is 7.75. The standard InChI is InChI=1S/C24H26N4O5S/c1-3-33-21-12-10-20(11-13-21)28-34(31,32)22-14-6-18(7-15-22)23(29)26-16(2)17-4-8-19(9-5-17)27-24(25)30/h4-16,28H,3H2,1-2H3,(H,26,29)(H3,25,27,30). The average molecular weight is 483 g/mol. The van der Waals surface area contributed by atoms with Gasteiger partial charge < -0.3 is 21.1 Å². The van der Waals surface area contributed by atoms with Crippen LogP contribution in [0.25, 0.3) is 0 Å². The molecule has 1 unspecified atom stereocenters. The number of benzene rings is 3. The molecule has 3 aromatic rings. The van der Waals surface area contributed by atoms with E-state index < -0.39 is 16.1 Å². The summed E-state index contributed by atoms with van der Waals surface area (Å²) in [7, 11) is -3.82. The predicted molar refractivity (Wildman–Crippen MR) is 130 cm³/mol. The number of ether oxygens (including phenoxy) is 1. The largest absolute Gasteiger partial charge is 0.494 e. The van der Waals surface area contributed by atoms with E-state index in [2.05, 4.69) is 15.4 Å². The lowest BCUT2D eigenvalue weighted by Crippen LogP contribution is -2.26. The predicted octanol–water partition coefficient (Wildman–Crippen LogP) is 3.87. The molecule has 34 heavy (non-hydrogen) atoms. The first-order valence-electron chi connectivity index (χ1n) is 10.5. The molecule has 3 rings (SSSR count). The molecule has 0 bridgehead atoms. The molecule has 3 amide bonds. The number of nitrogens with one attached hydrogen (secondary N) is 3. The lowest BCUT2D eigenvalue weighted by Gasteiger charge is -2.15. The van der Waals surface area contributed by atoms with Gasteiger partial charge in [0.15, 0.2) is 0 Å². The Morgan fingerprint density at radius 2 is 1.50 bits per heavy atom. The number of primary amides is 1. The summed E-state index contributed by atoms with van der Waals surface area (Å²) >= 11 is 0. The van der Waals surface area contributed by atoms with E-state index in [0.717, 1.165) is 5.56 Å². The van der Waals surface area contributed by atoms with E-state index in [0.29, 0.717) is 29.3 Å². The Hall–Kier alpha value is -4.05. The Bertz CT molecular complexity index is 1240. The van der Waals surface area contributed by atoms with Crippen molar-refractivity contribution in [2.75, 3.05) is 16.6 Å². The van der Waals surface area contributed by atoms with E-state index in [-0.39, 0.29) is 16.8 Å². The van der Waals surface area contributed by atoms with Crippen LogP contribution in [-0.2, 0) is 10.0 Å². The lowest BCUT2D eigenvalue weighted by atomic mass is 10.1. The van der Waals surface area contributed by atoms with Gasteiger partial charge in [-0.25, -0.2) is 13.2 Å². The van der Waals surface area contributed by atoms with Crippen LogP contribution in [0, 0.1) is 0 Å². The number of hydrogen-bond acceptors (Lipinski definition) is 5. The van der Waals surface area contributed by atoms with Gasteiger partial charge in [0.25, 0.3) is 15.9 Å². The molecule has 0 heterocycles. The Morgan fingerprint density at radius 3 is 2.06 bits per heavy atom. The first-order chi connectivity index (χ1) is 16.2. The number of hydrogen-bond donors (Lipinski definition) is 4. The summed E-state index contributed by atoms with van der Waals surface area (Å²) in [4.78, 5) is 23.6. The van der Waals surface area contributed by atoms with Gasteiger partial charge >= 0.3 is 6.03 Å². The lowest BCUT2D eigenvalue weighted by molar-refractivity contribution is 0.0939. The number of carbonyl (C=O) groups is 2. The van der Waals surface area contributed by atoms with E-state index in [4.69, 9.17) is 10.5 Å². The van der Waals surface area contributed by atoms with Crippen molar-refractivity contribution in [3.8, 4) is 5.75 Å². The highest BCUT2D eigenvalue weighted by Gasteiger charge is 2.17. The fraction of sp³-hybridized carbons (Fsp3) is 0.167. The molecule has 0 saturated heterocycles. The minimum absolute atomic E-state index is 0.0310. The van der Waals surface area contributed by atoms with Crippen LogP contribution < -0.4 is 25.8 Å². The van der Waals surface area contributed by atoms with Crippen LogP contribution >= 0.6 is 0 Å². The summed E-state index contributed by atoms with van der Waals surface area (Å²) in [6.45, 7) is 4.20. The van der Waals surface area contributed by atoms with Crippen molar-refractivity contribution in [2.24, 2.45) is 5.73 Å². The fourth-order valence-corrected chi connectivity index (χ4v) is 4.20. The molecule has 0 aliphatic heterocycles. The van der Waals surface area contributed by atoms with E-state index in [1.54, 1.807) is 48.5 Å². The van der Waals surface area contributed by atoms with Gasteiger partial charge in [0.1, 0.15) is 5.75 Å². The Balaban J connectivity index is 1.63. The topological polar surface area (TPSA) is 140 Å². The van der Waals surface area contributed by atoms with Gasteiger partial charge in [-0.3, -0.25) is 9.52 Å². The maximum Gasteiger partial charge on any atom is 0.316 e. The summed E-state index contributed by atoms with van der Waals surface area (Å²) in [5, 5.41) is 5.33. The minimum atomic E-state index is -3.82. The molecule has 0 spiro atoms. The van der Waals surface area contributed by atoms with Gasteiger partial charge in [0.05, 0.1) is 17.5 Å². The highest BCUT2D eigenvalue weighted by atomic mass is 32.2. The van der Waals surface area contributed by atoms with Crippen LogP contribution in [0.5, 0.6) is 5.75 Å². The maximum absolute atomic E-state index is 12.7. The zero-order valence-electron chi connectivity index (χ0n) is 18.7. The van der Waals surface area contributed by atoms with Crippen LogP contribution in [0.3, 0.4) is 0 Å². The average Bonchev–Trinajstić information content (AvgIpc) is 2.80. The summed E-state index contributed by atoms with van der Waals surface area (Å²) in [5.74, 6) is 0.295. The molecule has 0 fully saturated rings. The Morgan fingerprint density at radius 1 is 0.912 bits per heavy atom. The van der Waals surface area contributed by atoms with E-state index >= 15 is 0 Å². The molecule has 0 saturated carbocycles. The highest BCUT2D eigenvalue weighted by Crippen LogP contribution is 2.21. The van der Waals surface area contributed by atoms with Crippen molar-refractivity contribution in [3.63, 3.8) is 0 Å². The summed E-state index contributed by atoms with van der Waals surface area (Å²) in [6.07, 6.45) is 0. The van der Waals surface area contributed by atoms with Gasteiger partial charge in [-0.05, 0) is 80.1 Å². The summed E-state index contributed by atoms with van der Waals surface area (Å²) in [6, 6.07) is 18.1. The quantitative estimate of drug-likeness (QED) is 0.367. The fourth-order valence-electron chi connectivity index (χ4n) is 3.15. The number of anilines is 2. The van der Waals surface area contributed by atoms with Gasteiger partial charge in [-0.1, -0.05) is 12.1 Å². The third kappa shape index (κ3) is 6.48. The van der Waals surface area contributed by atoms with Gasteiger partial charge in [0.2, 0.25) is 0 Å². The van der Waals surface area contributed by atoms with E-state index in [9.17, 15) is 18.0 Å². The maximum atomic E-state index is 12.7. The van der Waals surface area contributed by atoms with Gasteiger partial charge in [0, 0.05) is 16.9 Å². The second kappa shape index (κ2) is 10.7. The minimum Gasteiger partial charge on any atom is -0.494 e. The van der Waals surface area contributed by atoms with Crippen molar-refractivity contribution in [3.05, 3.63) is 83.9 Å². The molecule has 0 radical (unpaired) electrons. The number of carbonyl (C=O) groups excluding carboxylic acids is 2. The monoisotopic (exact) mass is 482 g/mol. The molecule has 10 heteroatoms. The van der Waals surface area contributed by atoms with Crippen LogP contribution in [0.2, 0.25) is 0 Å². The number of nitrogens with two attached hydrogens (primary N) is 1. The molecule has 1 atom stereocenters. The summed E-state index contributed by atoms with van der Waals surface area (Å²) in [5.41, 5.74) is 7.18. The van der Waals surface area contributed by atoms with Gasteiger partial charge in [-0.15, -0.1) is 0 Å². The molecule has 0 aliphatic carbocycles. The van der Waals surface area contributed by atoms with Crippen molar-refractivity contribution in [1.82, 2.24) is 5.32 Å². The smallest absolute Gasteiger partial charge is 0.316 e. The first-order valence-corrected chi connectivity index (χ1v) is 12.0. The normalized spacial score (nSPS) is 11.8. The zero-order valence-corrected chi connectivity index (χ0v) is 19.6. The SMILES string of the molecule is CCOc1ccc(NS(=O)(=O)c2ccc(C(=O)NC(C)c3ccc(NC(N)=O)cc3)cc2)cc1. The van der Waals surface area contributed by atoms with Crippen molar-refractivity contribution >= 4 is 33.3 Å². The van der Waals surface area contributed by atoms with Crippen LogP contribution in [0.15, 0.2) is 77.7 Å². The molecule has 3 aromatic carbocycles. The van der Waals surface area contributed by atoms with E-state index in [1.807, 2.05) is 13.8 Å². The molecule has 5 N–H and O–H groups in total. The Labute approximate surface area is 198 Å². The van der Waals surface area contributed by atoms with Crippen molar-refractivity contribution in [1.29, 1.82) is 0 Å². The molecular weight excluding hydrogens is 456 g/mol. The second-order valence-corrected chi connectivity index (χ2v) is 9.08. The molecule has 0 aliphatic rings. The third-order valence-corrected chi connectivity index (χ3v) is 6.27. The van der Waals surface area contributed by atoms with Crippen LogP contribution in [0.4, 0.5) is 16.2 Å². The van der Waals surface area contributed by atoms with Crippen molar-refractivity contribution < 1.29 is 22.7 Å². The number of amides is 3. The van der Waals surface area contributed by atoms with Gasteiger partial charge in [-0.2, -0.15) is 0 Å². The zero-order chi connectivity index (χ0) is 24.7. The number of sulfonamides is 1. The summed E-state index contributed by atoms with van der Waals surface area (Å²) < 4.78 is 33.2. The third-order valence-electron chi connectivity index (χ3n) is 4.87.